The number of aliphatic imine (C=N–C) groups is 1. The largest absolute Gasteiger partial charge is 0.482 e. The molecule has 178 valence electrons. The predicted octanol–water partition coefficient (Wildman–Crippen LogP) is 2.59. The summed E-state index contributed by atoms with van der Waals surface area (Å²) < 4.78 is 10.8. The SMILES string of the molecule is CN=C(NCCCN1C(=O)COc2ccccc21)N1CCC(NC(=O)OC(C)(C)C)C1.I. The Morgan fingerprint density at radius 1 is 1.31 bits per heavy atom. The molecule has 3 rings (SSSR count). The summed E-state index contributed by atoms with van der Waals surface area (Å²) in [5.41, 5.74) is 0.307. The highest BCUT2D eigenvalue weighted by Crippen LogP contribution is 2.31. The van der Waals surface area contributed by atoms with E-state index in [1.54, 1.807) is 11.9 Å². The van der Waals surface area contributed by atoms with Crippen LogP contribution in [0.15, 0.2) is 29.3 Å². The van der Waals surface area contributed by atoms with Gasteiger partial charge in [0.05, 0.1) is 11.7 Å². The van der Waals surface area contributed by atoms with Gasteiger partial charge in [0.1, 0.15) is 11.4 Å². The number of carbonyl (C=O) groups is 2. The van der Waals surface area contributed by atoms with Gasteiger partial charge in [-0.05, 0) is 45.7 Å². The molecule has 0 bridgehead atoms. The van der Waals surface area contributed by atoms with E-state index in [4.69, 9.17) is 9.47 Å². The van der Waals surface area contributed by atoms with Gasteiger partial charge in [-0.1, -0.05) is 12.1 Å². The van der Waals surface area contributed by atoms with Crippen LogP contribution in [0.5, 0.6) is 5.75 Å². The summed E-state index contributed by atoms with van der Waals surface area (Å²) in [7, 11) is 1.75. The van der Waals surface area contributed by atoms with Gasteiger partial charge in [-0.15, -0.1) is 24.0 Å². The Balaban J connectivity index is 0.00000363. The van der Waals surface area contributed by atoms with Gasteiger partial charge < -0.3 is 29.9 Å². The van der Waals surface area contributed by atoms with Crippen LogP contribution < -0.4 is 20.3 Å². The Morgan fingerprint density at radius 2 is 2.06 bits per heavy atom. The molecule has 1 unspecified atom stereocenters. The molecular weight excluding hydrogens is 525 g/mol. The normalized spacial score (nSPS) is 18.4. The number of alkyl carbamates (subject to hydrolysis) is 1. The second-order valence-electron chi connectivity index (χ2n) is 8.71. The second kappa shape index (κ2) is 11.6. The van der Waals surface area contributed by atoms with E-state index in [0.717, 1.165) is 36.8 Å². The molecule has 1 aromatic carbocycles. The smallest absolute Gasteiger partial charge is 0.407 e. The molecule has 1 fully saturated rings. The molecule has 2 aliphatic heterocycles. The molecule has 2 heterocycles. The number of likely N-dealkylation sites (tertiary alicyclic amines) is 1. The van der Waals surface area contributed by atoms with E-state index in [-0.39, 0.29) is 42.5 Å². The van der Waals surface area contributed by atoms with Crippen molar-refractivity contribution in [1.82, 2.24) is 15.5 Å². The molecule has 9 nitrogen and oxygen atoms in total. The first kappa shape index (κ1) is 26.0. The molecule has 1 aromatic rings. The van der Waals surface area contributed by atoms with Gasteiger partial charge in [-0.2, -0.15) is 0 Å². The van der Waals surface area contributed by atoms with Crippen LogP contribution in [0, 0.1) is 0 Å². The number of rotatable bonds is 5. The van der Waals surface area contributed by atoms with Crippen molar-refractivity contribution >= 4 is 47.6 Å². The fourth-order valence-corrected chi connectivity index (χ4v) is 3.71. The minimum absolute atomic E-state index is 0. The standard InChI is InChI=1S/C22H33N5O4.HI/c1-22(2,3)31-21(29)25-16-10-13-26(14-16)20(23-4)24-11-7-12-27-17-8-5-6-9-18(17)30-15-19(27)28;/h5-6,8-9,16H,7,10-15H2,1-4H3,(H,23,24)(H,25,29);1H. The van der Waals surface area contributed by atoms with Crippen LogP contribution in [-0.2, 0) is 9.53 Å². The van der Waals surface area contributed by atoms with Crippen molar-refractivity contribution in [2.24, 2.45) is 4.99 Å². The van der Waals surface area contributed by atoms with Crippen molar-refractivity contribution in [3.63, 3.8) is 0 Å². The third kappa shape index (κ3) is 7.14. The number of halogens is 1. The Bertz CT molecular complexity index is 827. The summed E-state index contributed by atoms with van der Waals surface area (Å²) in [5.74, 6) is 1.51. The summed E-state index contributed by atoms with van der Waals surface area (Å²) in [4.78, 5) is 32.5. The molecule has 0 spiro atoms. The average Bonchev–Trinajstić information content (AvgIpc) is 3.16. The third-order valence-corrected chi connectivity index (χ3v) is 5.07. The molecule has 10 heteroatoms. The van der Waals surface area contributed by atoms with Crippen LogP contribution >= 0.6 is 24.0 Å². The van der Waals surface area contributed by atoms with Crippen molar-refractivity contribution in [3.05, 3.63) is 24.3 Å². The summed E-state index contributed by atoms with van der Waals surface area (Å²) in [5, 5.41) is 6.29. The van der Waals surface area contributed by atoms with Crippen LogP contribution in [-0.4, -0.2) is 74.3 Å². The van der Waals surface area contributed by atoms with E-state index in [2.05, 4.69) is 20.5 Å². The molecule has 1 atom stereocenters. The van der Waals surface area contributed by atoms with Crippen LogP contribution in [0.2, 0.25) is 0 Å². The van der Waals surface area contributed by atoms with Gasteiger partial charge in [0, 0.05) is 33.2 Å². The van der Waals surface area contributed by atoms with E-state index >= 15 is 0 Å². The number of fused-ring (bicyclic) bond motifs is 1. The predicted molar refractivity (Wildman–Crippen MR) is 135 cm³/mol. The Labute approximate surface area is 206 Å². The number of ether oxygens (including phenoxy) is 2. The summed E-state index contributed by atoms with van der Waals surface area (Å²) in [6.07, 6.45) is 1.21. The summed E-state index contributed by atoms with van der Waals surface area (Å²) in [6.45, 7) is 8.38. The van der Waals surface area contributed by atoms with E-state index < -0.39 is 11.7 Å². The minimum atomic E-state index is -0.512. The maximum absolute atomic E-state index is 12.3. The lowest BCUT2D eigenvalue weighted by molar-refractivity contribution is -0.121. The first-order valence-corrected chi connectivity index (χ1v) is 10.7. The van der Waals surface area contributed by atoms with E-state index in [1.807, 2.05) is 45.0 Å². The number of anilines is 1. The highest BCUT2D eigenvalue weighted by molar-refractivity contribution is 14.0. The van der Waals surface area contributed by atoms with Crippen LogP contribution in [0.4, 0.5) is 10.5 Å². The number of amides is 2. The van der Waals surface area contributed by atoms with Crippen molar-refractivity contribution in [3.8, 4) is 5.75 Å². The zero-order valence-electron chi connectivity index (χ0n) is 19.2. The lowest BCUT2D eigenvalue weighted by atomic mass is 10.2. The van der Waals surface area contributed by atoms with Gasteiger partial charge >= 0.3 is 6.09 Å². The molecule has 0 saturated carbocycles. The molecular formula is C22H34IN5O4. The fraction of sp³-hybridized carbons (Fsp3) is 0.591. The quantitative estimate of drug-likeness (QED) is 0.249. The van der Waals surface area contributed by atoms with Crippen LogP contribution in [0.1, 0.15) is 33.6 Å². The Hall–Kier alpha value is -2.24. The Kier molecular flexibility index (Phi) is 9.41. The molecule has 2 aliphatic rings. The van der Waals surface area contributed by atoms with E-state index in [0.29, 0.717) is 19.6 Å². The maximum atomic E-state index is 12.3. The number of nitrogens with one attached hydrogen (secondary N) is 2. The lowest BCUT2D eigenvalue weighted by Gasteiger charge is -2.29. The number of carbonyl (C=O) groups excluding carboxylic acids is 2. The third-order valence-electron chi connectivity index (χ3n) is 5.07. The van der Waals surface area contributed by atoms with Crippen LogP contribution in [0.3, 0.4) is 0 Å². The number of guanidine groups is 1. The first-order chi connectivity index (χ1) is 14.8. The number of hydrogen-bond acceptors (Lipinski definition) is 5. The Morgan fingerprint density at radius 3 is 2.78 bits per heavy atom. The van der Waals surface area contributed by atoms with Crippen molar-refractivity contribution in [2.45, 2.75) is 45.3 Å². The first-order valence-electron chi connectivity index (χ1n) is 10.7. The van der Waals surface area contributed by atoms with Gasteiger partial charge in [-0.3, -0.25) is 9.79 Å². The molecule has 1 saturated heterocycles. The van der Waals surface area contributed by atoms with Gasteiger partial charge in [-0.25, -0.2) is 4.79 Å². The molecule has 0 radical (unpaired) electrons. The summed E-state index contributed by atoms with van der Waals surface area (Å²) in [6, 6.07) is 7.61. The van der Waals surface area contributed by atoms with Crippen molar-refractivity contribution < 1.29 is 19.1 Å². The maximum Gasteiger partial charge on any atom is 0.407 e. The zero-order chi connectivity index (χ0) is 22.4. The van der Waals surface area contributed by atoms with Gasteiger partial charge in [0.15, 0.2) is 12.6 Å². The molecule has 2 N–H and O–H groups in total. The number of para-hydroxylation sites is 2. The topological polar surface area (TPSA) is 95.5 Å². The monoisotopic (exact) mass is 559 g/mol. The van der Waals surface area contributed by atoms with Crippen molar-refractivity contribution in [1.29, 1.82) is 0 Å². The van der Waals surface area contributed by atoms with Crippen molar-refractivity contribution in [2.75, 3.05) is 44.7 Å². The number of benzene rings is 1. The van der Waals surface area contributed by atoms with Crippen LogP contribution in [0.25, 0.3) is 0 Å². The van der Waals surface area contributed by atoms with Gasteiger partial charge in [0.2, 0.25) is 0 Å². The van der Waals surface area contributed by atoms with E-state index in [1.165, 1.54) is 0 Å². The highest BCUT2D eigenvalue weighted by Gasteiger charge is 2.28. The second-order valence-corrected chi connectivity index (χ2v) is 8.71. The zero-order valence-corrected chi connectivity index (χ0v) is 21.5. The number of nitrogens with zero attached hydrogens (tertiary/aromatic N) is 3. The fourth-order valence-electron chi connectivity index (χ4n) is 3.71. The average molecular weight is 559 g/mol. The number of hydrogen-bond donors (Lipinski definition) is 2. The van der Waals surface area contributed by atoms with Gasteiger partial charge in [0.25, 0.3) is 5.91 Å². The molecule has 2 amide bonds. The summed E-state index contributed by atoms with van der Waals surface area (Å²) >= 11 is 0. The molecule has 0 aliphatic carbocycles. The highest BCUT2D eigenvalue weighted by atomic mass is 127. The molecule has 0 aromatic heterocycles. The lowest BCUT2D eigenvalue weighted by Crippen LogP contribution is -2.45. The van der Waals surface area contributed by atoms with E-state index in [9.17, 15) is 9.59 Å². The minimum Gasteiger partial charge on any atom is -0.482 e. The molecule has 32 heavy (non-hydrogen) atoms.